The molecule has 0 atom stereocenters. The molecule has 3 heteroatoms. The number of fused-ring (bicyclic) bond motifs is 1. The zero-order valence-electron chi connectivity index (χ0n) is 11.9. The SMILES string of the molecule is Cc1cc2ccc(N)cc2n1CC1CCN(C)CC1. The molecule has 1 aromatic carbocycles. The molecule has 3 nitrogen and oxygen atoms in total. The maximum Gasteiger partial charge on any atom is 0.0503 e. The first-order valence-corrected chi connectivity index (χ1v) is 7.17. The van der Waals surface area contributed by atoms with E-state index in [4.69, 9.17) is 5.73 Å². The number of rotatable bonds is 2. The molecule has 1 aliphatic heterocycles. The highest BCUT2D eigenvalue weighted by Crippen LogP contribution is 2.26. The molecule has 0 amide bonds. The number of hydrogen-bond donors (Lipinski definition) is 1. The summed E-state index contributed by atoms with van der Waals surface area (Å²) in [5, 5.41) is 1.31. The van der Waals surface area contributed by atoms with Gasteiger partial charge >= 0.3 is 0 Å². The Morgan fingerprint density at radius 3 is 2.68 bits per heavy atom. The van der Waals surface area contributed by atoms with Gasteiger partial charge in [-0.15, -0.1) is 0 Å². The predicted molar refractivity (Wildman–Crippen MR) is 81.3 cm³/mol. The monoisotopic (exact) mass is 257 g/mol. The van der Waals surface area contributed by atoms with E-state index in [0.717, 1.165) is 18.2 Å². The number of nitrogens with two attached hydrogens (primary N) is 1. The van der Waals surface area contributed by atoms with Crippen LogP contribution >= 0.6 is 0 Å². The molecule has 2 N–H and O–H groups in total. The van der Waals surface area contributed by atoms with Gasteiger partial charge in [-0.3, -0.25) is 0 Å². The van der Waals surface area contributed by atoms with Crippen molar-refractivity contribution in [2.75, 3.05) is 25.9 Å². The van der Waals surface area contributed by atoms with E-state index in [9.17, 15) is 0 Å². The second-order valence-corrected chi connectivity index (χ2v) is 5.96. The number of aryl methyl sites for hydroxylation is 1. The Morgan fingerprint density at radius 2 is 1.95 bits per heavy atom. The van der Waals surface area contributed by atoms with Crippen molar-refractivity contribution in [1.82, 2.24) is 9.47 Å². The van der Waals surface area contributed by atoms with E-state index >= 15 is 0 Å². The summed E-state index contributed by atoms with van der Waals surface area (Å²) in [5.74, 6) is 0.798. The van der Waals surface area contributed by atoms with Crippen molar-refractivity contribution < 1.29 is 0 Å². The standard InChI is InChI=1S/C16H23N3/c1-12-9-14-3-4-15(17)10-16(14)19(12)11-13-5-7-18(2)8-6-13/h3-4,9-10,13H,5-8,11,17H2,1-2H3. The van der Waals surface area contributed by atoms with Crippen LogP contribution in [0.15, 0.2) is 24.3 Å². The molecule has 3 rings (SSSR count). The van der Waals surface area contributed by atoms with Gasteiger partial charge in [-0.25, -0.2) is 0 Å². The minimum atomic E-state index is 0.798. The van der Waals surface area contributed by atoms with Gasteiger partial charge in [0.25, 0.3) is 0 Å². The Labute approximate surface area is 115 Å². The van der Waals surface area contributed by atoms with Crippen LogP contribution in [0.5, 0.6) is 0 Å². The summed E-state index contributed by atoms with van der Waals surface area (Å²) >= 11 is 0. The molecule has 0 saturated carbocycles. The highest BCUT2D eigenvalue weighted by Gasteiger charge is 2.18. The first-order chi connectivity index (χ1) is 9.13. The summed E-state index contributed by atoms with van der Waals surface area (Å²) in [6.45, 7) is 5.79. The van der Waals surface area contributed by atoms with Gasteiger partial charge < -0.3 is 15.2 Å². The van der Waals surface area contributed by atoms with Crippen LogP contribution in [-0.2, 0) is 6.54 Å². The number of likely N-dealkylation sites (tertiary alicyclic amines) is 1. The number of benzene rings is 1. The quantitative estimate of drug-likeness (QED) is 0.839. The summed E-state index contributed by atoms with van der Waals surface area (Å²) in [6.07, 6.45) is 2.61. The lowest BCUT2D eigenvalue weighted by atomic mass is 9.97. The zero-order valence-corrected chi connectivity index (χ0v) is 11.9. The van der Waals surface area contributed by atoms with Crippen molar-refractivity contribution in [3.05, 3.63) is 30.0 Å². The van der Waals surface area contributed by atoms with E-state index in [2.05, 4.69) is 41.6 Å². The predicted octanol–water partition coefficient (Wildman–Crippen LogP) is 2.87. The van der Waals surface area contributed by atoms with Crippen LogP contribution in [0.2, 0.25) is 0 Å². The second kappa shape index (κ2) is 4.89. The number of aromatic nitrogens is 1. The van der Waals surface area contributed by atoms with E-state index in [-0.39, 0.29) is 0 Å². The molecule has 1 aromatic heterocycles. The Balaban J connectivity index is 1.87. The van der Waals surface area contributed by atoms with E-state index in [1.54, 1.807) is 0 Å². The molecule has 19 heavy (non-hydrogen) atoms. The third-order valence-electron chi connectivity index (χ3n) is 4.41. The molecule has 0 unspecified atom stereocenters. The van der Waals surface area contributed by atoms with Crippen molar-refractivity contribution in [2.45, 2.75) is 26.3 Å². The molecule has 0 radical (unpaired) electrons. The van der Waals surface area contributed by atoms with E-state index < -0.39 is 0 Å². The molecule has 2 aromatic rings. The molecule has 1 aliphatic rings. The molecule has 1 fully saturated rings. The summed E-state index contributed by atoms with van der Waals surface area (Å²) in [7, 11) is 2.22. The minimum Gasteiger partial charge on any atom is -0.399 e. The van der Waals surface area contributed by atoms with Crippen molar-refractivity contribution in [3.8, 4) is 0 Å². The van der Waals surface area contributed by atoms with Crippen molar-refractivity contribution in [1.29, 1.82) is 0 Å². The summed E-state index contributed by atoms with van der Waals surface area (Å²) < 4.78 is 2.45. The summed E-state index contributed by atoms with van der Waals surface area (Å²) in [4.78, 5) is 2.43. The lowest BCUT2D eigenvalue weighted by molar-refractivity contribution is 0.206. The summed E-state index contributed by atoms with van der Waals surface area (Å²) in [5.41, 5.74) is 9.43. The minimum absolute atomic E-state index is 0.798. The smallest absolute Gasteiger partial charge is 0.0503 e. The lowest BCUT2D eigenvalue weighted by Gasteiger charge is -2.29. The topological polar surface area (TPSA) is 34.2 Å². The fourth-order valence-electron chi connectivity index (χ4n) is 3.15. The van der Waals surface area contributed by atoms with Crippen LogP contribution in [0.25, 0.3) is 10.9 Å². The Morgan fingerprint density at radius 1 is 1.21 bits per heavy atom. The second-order valence-electron chi connectivity index (χ2n) is 5.96. The third kappa shape index (κ3) is 2.47. The van der Waals surface area contributed by atoms with Crippen LogP contribution in [-0.4, -0.2) is 29.6 Å². The number of hydrogen-bond acceptors (Lipinski definition) is 2. The first kappa shape index (κ1) is 12.5. The van der Waals surface area contributed by atoms with Crippen molar-refractivity contribution >= 4 is 16.6 Å². The first-order valence-electron chi connectivity index (χ1n) is 7.17. The Bertz CT molecular complexity index is 577. The highest BCUT2D eigenvalue weighted by atomic mass is 15.1. The van der Waals surface area contributed by atoms with Gasteiger partial charge in [0.15, 0.2) is 0 Å². The molecular formula is C16H23N3. The summed E-state index contributed by atoms with van der Waals surface area (Å²) in [6, 6.07) is 8.49. The fourth-order valence-corrected chi connectivity index (χ4v) is 3.15. The van der Waals surface area contributed by atoms with Crippen LogP contribution < -0.4 is 5.73 Å². The lowest BCUT2D eigenvalue weighted by Crippen LogP contribution is -2.32. The van der Waals surface area contributed by atoms with E-state index in [1.807, 2.05) is 6.07 Å². The number of nitrogens with zero attached hydrogens (tertiary/aromatic N) is 2. The van der Waals surface area contributed by atoms with Gasteiger partial charge in [-0.1, -0.05) is 6.07 Å². The van der Waals surface area contributed by atoms with Gasteiger partial charge in [0.1, 0.15) is 0 Å². The average Bonchev–Trinajstić information content (AvgIpc) is 2.69. The van der Waals surface area contributed by atoms with E-state index in [1.165, 1.54) is 42.5 Å². The zero-order chi connectivity index (χ0) is 13.4. The molecule has 0 bridgehead atoms. The number of anilines is 1. The molecule has 1 saturated heterocycles. The average molecular weight is 257 g/mol. The molecular weight excluding hydrogens is 234 g/mol. The molecule has 0 aliphatic carbocycles. The van der Waals surface area contributed by atoms with Crippen molar-refractivity contribution in [2.24, 2.45) is 5.92 Å². The van der Waals surface area contributed by atoms with Crippen LogP contribution in [0.4, 0.5) is 5.69 Å². The molecule has 102 valence electrons. The number of nitrogen functional groups attached to an aromatic ring is 1. The Kier molecular flexibility index (Phi) is 3.23. The van der Waals surface area contributed by atoms with Gasteiger partial charge in [-0.05, 0) is 69.4 Å². The molecule has 2 heterocycles. The van der Waals surface area contributed by atoms with Crippen LogP contribution in [0.1, 0.15) is 18.5 Å². The van der Waals surface area contributed by atoms with Gasteiger partial charge in [0.05, 0.1) is 5.52 Å². The van der Waals surface area contributed by atoms with Gasteiger partial charge in [0.2, 0.25) is 0 Å². The maximum atomic E-state index is 5.93. The van der Waals surface area contributed by atoms with Gasteiger partial charge in [-0.2, -0.15) is 0 Å². The highest BCUT2D eigenvalue weighted by molar-refractivity contribution is 5.84. The number of piperidine rings is 1. The van der Waals surface area contributed by atoms with Crippen molar-refractivity contribution in [3.63, 3.8) is 0 Å². The fraction of sp³-hybridized carbons (Fsp3) is 0.500. The Hall–Kier alpha value is -1.48. The van der Waals surface area contributed by atoms with E-state index in [0.29, 0.717) is 0 Å². The largest absolute Gasteiger partial charge is 0.399 e. The maximum absolute atomic E-state index is 5.93. The van der Waals surface area contributed by atoms with Gasteiger partial charge in [0, 0.05) is 17.9 Å². The third-order valence-corrected chi connectivity index (χ3v) is 4.41. The normalized spacial score (nSPS) is 18.2. The van der Waals surface area contributed by atoms with Crippen LogP contribution in [0, 0.1) is 12.8 Å². The van der Waals surface area contributed by atoms with Crippen LogP contribution in [0.3, 0.4) is 0 Å². The molecule has 0 spiro atoms.